The Morgan fingerprint density at radius 3 is 1.93 bits per heavy atom. The molecule has 0 saturated heterocycles. The zero-order valence-electron chi connectivity index (χ0n) is 19.0. The fourth-order valence-corrected chi connectivity index (χ4v) is 3.95. The fraction of sp³-hybridized carbons (Fsp3) is 0.407. The molecule has 0 saturated carbocycles. The monoisotopic (exact) mass is 362 g/mol. The van der Waals surface area contributed by atoms with Crippen LogP contribution < -0.4 is 0 Å². The molecule has 0 aromatic heterocycles. The molecule has 1 rings (SSSR count). The van der Waals surface area contributed by atoms with Gasteiger partial charge >= 0.3 is 0 Å². The predicted molar refractivity (Wildman–Crippen MR) is 123 cm³/mol. The van der Waals surface area contributed by atoms with Crippen molar-refractivity contribution in [3.8, 4) is 0 Å². The minimum absolute atomic E-state index is 0.162. The Morgan fingerprint density at radius 1 is 0.963 bits per heavy atom. The molecule has 27 heavy (non-hydrogen) atoms. The highest BCUT2D eigenvalue weighted by Crippen LogP contribution is 2.43. The third-order valence-electron chi connectivity index (χ3n) is 5.45. The van der Waals surface area contributed by atoms with Gasteiger partial charge in [0.15, 0.2) is 0 Å². The Hall–Kier alpha value is -2.08. The first kappa shape index (κ1) is 23.0. The fourth-order valence-electron chi connectivity index (χ4n) is 3.95. The van der Waals surface area contributed by atoms with Crippen LogP contribution in [0.15, 0.2) is 76.4 Å². The summed E-state index contributed by atoms with van der Waals surface area (Å²) in [6, 6.07) is 6.87. The zero-order chi connectivity index (χ0) is 20.9. The molecular formula is C27H38. The van der Waals surface area contributed by atoms with Gasteiger partial charge in [0.25, 0.3) is 0 Å². The lowest BCUT2D eigenvalue weighted by Crippen LogP contribution is -2.14. The summed E-state index contributed by atoms with van der Waals surface area (Å²) in [5, 5.41) is 0. The Labute approximate surface area is 168 Å². The Kier molecular flexibility index (Phi) is 8.28. The highest BCUT2D eigenvalue weighted by molar-refractivity contribution is 5.58. The predicted octanol–water partition coefficient (Wildman–Crippen LogP) is 8.41. The van der Waals surface area contributed by atoms with Crippen molar-refractivity contribution in [1.29, 1.82) is 0 Å². The topological polar surface area (TPSA) is 0 Å². The van der Waals surface area contributed by atoms with Crippen LogP contribution in [0.25, 0.3) is 0 Å². The highest BCUT2D eigenvalue weighted by Gasteiger charge is 2.27. The number of rotatable bonds is 7. The van der Waals surface area contributed by atoms with Crippen LogP contribution in [0, 0.1) is 6.92 Å². The van der Waals surface area contributed by atoms with Crippen LogP contribution in [0.4, 0.5) is 0 Å². The van der Waals surface area contributed by atoms with E-state index < -0.39 is 0 Å². The van der Waals surface area contributed by atoms with Gasteiger partial charge in [-0.05, 0) is 89.7 Å². The number of allylic oxidation sites excluding steroid dienone is 8. The van der Waals surface area contributed by atoms with Crippen LogP contribution >= 0.6 is 0 Å². The third-order valence-corrected chi connectivity index (χ3v) is 5.45. The van der Waals surface area contributed by atoms with E-state index in [1.165, 1.54) is 44.6 Å². The summed E-state index contributed by atoms with van der Waals surface area (Å²) >= 11 is 0. The molecule has 0 bridgehead atoms. The normalized spacial score (nSPS) is 13.7. The van der Waals surface area contributed by atoms with Gasteiger partial charge < -0.3 is 0 Å². The molecular weight excluding hydrogens is 324 g/mol. The molecule has 0 aliphatic heterocycles. The van der Waals surface area contributed by atoms with Gasteiger partial charge in [-0.3, -0.25) is 0 Å². The van der Waals surface area contributed by atoms with E-state index in [2.05, 4.69) is 99.7 Å². The molecule has 0 aliphatic carbocycles. The SMILES string of the molecule is C=C(C)C(=C(C)C)C(/C(C(=C)C)=C(C)/C(C)=C\C)c1ccc(C)cc1CC. The summed E-state index contributed by atoms with van der Waals surface area (Å²) in [6.45, 7) is 28.3. The van der Waals surface area contributed by atoms with Crippen molar-refractivity contribution in [2.45, 2.75) is 74.7 Å². The summed E-state index contributed by atoms with van der Waals surface area (Å²) in [6.07, 6.45) is 3.21. The average Bonchev–Trinajstić information content (AvgIpc) is 2.59. The van der Waals surface area contributed by atoms with Gasteiger partial charge in [-0.2, -0.15) is 0 Å². The van der Waals surface area contributed by atoms with E-state index >= 15 is 0 Å². The minimum atomic E-state index is 0.162. The van der Waals surface area contributed by atoms with Gasteiger partial charge in [-0.15, -0.1) is 0 Å². The molecule has 0 heterocycles. The standard InChI is InChI=1S/C27H38/c1-12-21(10)22(11)26(19(7)8)27(25(17(3)4)18(5)6)24-15-14-20(9)16-23(24)13-2/h12,14-16,27H,3,7,13H2,1-2,4-6,8-11H3/b21-12-,26-22+. The van der Waals surface area contributed by atoms with Gasteiger partial charge in [0.1, 0.15) is 0 Å². The Morgan fingerprint density at radius 2 is 1.52 bits per heavy atom. The maximum atomic E-state index is 4.38. The van der Waals surface area contributed by atoms with E-state index in [1.807, 2.05) is 0 Å². The highest BCUT2D eigenvalue weighted by atomic mass is 14.3. The van der Waals surface area contributed by atoms with Gasteiger partial charge in [-0.1, -0.05) is 72.2 Å². The zero-order valence-corrected chi connectivity index (χ0v) is 19.0. The van der Waals surface area contributed by atoms with Crippen LogP contribution in [-0.2, 0) is 6.42 Å². The second-order valence-corrected chi connectivity index (χ2v) is 7.97. The average molecular weight is 363 g/mol. The molecule has 0 heteroatoms. The van der Waals surface area contributed by atoms with Crippen LogP contribution in [0.5, 0.6) is 0 Å². The van der Waals surface area contributed by atoms with Crippen molar-refractivity contribution in [1.82, 2.24) is 0 Å². The molecule has 0 spiro atoms. The molecule has 1 aromatic rings. The van der Waals surface area contributed by atoms with Gasteiger partial charge in [-0.25, -0.2) is 0 Å². The number of aryl methyl sites for hydroxylation is 2. The second-order valence-electron chi connectivity index (χ2n) is 7.97. The first-order valence-electron chi connectivity index (χ1n) is 9.99. The Balaban J connectivity index is 4.05. The molecule has 0 radical (unpaired) electrons. The summed E-state index contributed by atoms with van der Waals surface area (Å²) in [4.78, 5) is 0. The van der Waals surface area contributed by atoms with Crippen molar-refractivity contribution in [3.05, 3.63) is 93.1 Å². The van der Waals surface area contributed by atoms with Crippen molar-refractivity contribution in [2.75, 3.05) is 0 Å². The van der Waals surface area contributed by atoms with Crippen molar-refractivity contribution >= 4 is 0 Å². The van der Waals surface area contributed by atoms with E-state index in [9.17, 15) is 0 Å². The van der Waals surface area contributed by atoms with E-state index in [0.717, 1.165) is 17.6 Å². The quantitative estimate of drug-likeness (QED) is 0.427. The van der Waals surface area contributed by atoms with Crippen LogP contribution in [0.3, 0.4) is 0 Å². The molecule has 1 unspecified atom stereocenters. The first-order valence-corrected chi connectivity index (χ1v) is 9.99. The molecule has 1 aromatic carbocycles. The van der Waals surface area contributed by atoms with Gasteiger partial charge in [0, 0.05) is 5.92 Å². The summed E-state index contributed by atoms with van der Waals surface area (Å²) in [5.41, 5.74) is 12.9. The number of hydrogen-bond donors (Lipinski definition) is 0. The van der Waals surface area contributed by atoms with Crippen LogP contribution in [-0.4, -0.2) is 0 Å². The van der Waals surface area contributed by atoms with Crippen molar-refractivity contribution in [3.63, 3.8) is 0 Å². The largest absolute Gasteiger partial charge is 0.0958 e. The number of hydrogen-bond acceptors (Lipinski definition) is 0. The van der Waals surface area contributed by atoms with Crippen molar-refractivity contribution < 1.29 is 0 Å². The van der Waals surface area contributed by atoms with E-state index in [-0.39, 0.29) is 5.92 Å². The van der Waals surface area contributed by atoms with Gasteiger partial charge in [0.2, 0.25) is 0 Å². The molecule has 0 N–H and O–H groups in total. The summed E-state index contributed by atoms with van der Waals surface area (Å²) in [7, 11) is 0. The molecule has 1 atom stereocenters. The summed E-state index contributed by atoms with van der Waals surface area (Å²) < 4.78 is 0. The van der Waals surface area contributed by atoms with Crippen LogP contribution in [0.2, 0.25) is 0 Å². The Bertz CT molecular complexity index is 818. The van der Waals surface area contributed by atoms with Gasteiger partial charge in [0.05, 0.1) is 0 Å². The minimum Gasteiger partial charge on any atom is -0.0958 e. The lowest BCUT2D eigenvalue weighted by atomic mass is 9.73. The first-order chi connectivity index (χ1) is 12.6. The number of benzene rings is 1. The maximum Gasteiger partial charge on any atom is 0.0349 e. The molecule has 0 fully saturated rings. The van der Waals surface area contributed by atoms with Crippen molar-refractivity contribution in [2.24, 2.45) is 0 Å². The summed E-state index contributed by atoms with van der Waals surface area (Å²) in [5.74, 6) is 0.162. The van der Waals surface area contributed by atoms with E-state index in [1.54, 1.807) is 0 Å². The van der Waals surface area contributed by atoms with Crippen LogP contribution in [0.1, 0.15) is 78.0 Å². The van der Waals surface area contributed by atoms with E-state index in [0.29, 0.717) is 0 Å². The lowest BCUT2D eigenvalue weighted by molar-refractivity contribution is 0.877. The molecule has 0 amide bonds. The van der Waals surface area contributed by atoms with E-state index in [4.69, 9.17) is 0 Å². The molecule has 0 nitrogen and oxygen atoms in total. The molecule has 0 aliphatic rings. The second kappa shape index (κ2) is 9.74. The lowest BCUT2D eigenvalue weighted by Gasteiger charge is -2.30. The third kappa shape index (κ3) is 5.22. The maximum absolute atomic E-state index is 4.38. The smallest absolute Gasteiger partial charge is 0.0349 e. The molecule has 146 valence electrons.